The molecule has 1 aliphatic rings. The molecular formula is C11H14BrNO2S. The van der Waals surface area contributed by atoms with Crippen LogP contribution in [0, 0.1) is 5.92 Å². The smallest absolute Gasteiger partial charge is 0.308 e. The summed E-state index contributed by atoms with van der Waals surface area (Å²) < 4.78 is 1.15. The highest BCUT2D eigenvalue weighted by Gasteiger charge is 2.35. The zero-order chi connectivity index (χ0) is 11.5. The van der Waals surface area contributed by atoms with Crippen molar-refractivity contribution in [2.45, 2.75) is 25.3 Å². The number of thiophene rings is 1. The summed E-state index contributed by atoms with van der Waals surface area (Å²) in [4.78, 5) is 12.1. The van der Waals surface area contributed by atoms with Gasteiger partial charge in [0.1, 0.15) is 0 Å². The van der Waals surface area contributed by atoms with Crippen molar-refractivity contribution in [1.82, 2.24) is 5.32 Å². The van der Waals surface area contributed by atoms with Crippen LogP contribution in [0.25, 0.3) is 0 Å². The van der Waals surface area contributed by atoms with E-state index in [-0.39, 0.29) is 12.0 Å². The van der Waals surface area contributed by atoms with E-state index in [1.165, 1.54) is 4.88 Å². The van der Waals surface area contributed by atoms with Gasteiger partial charge < -0.3 is 10.4 Å². The van der Waals surface area contributed by atoms with Crippen LogP contribution >= 0.6 is 27.3 Å². The van der Waals surface area contributed by atoms with Crippen molar-refractivity contribution in [1.29, 1.82) is 0 Å². The Morgan fingerprint density at radius 2 is 2.38 bits per heavy atom. The van der Waals surface area contributed by atoms with E-state index in [1.807, 2.05) is 6.07 Å². The molecule has 2 rings (SSSR count). The predicted octanol–water partition coefficient (Wildman–Crippen LogP) is 2.51. The second-order valence-electron chi connectivity index (χ2n) is 4.04. The van der Waals surface area contributed by atoms with E-state index in [0.29, 0.717) is 0 Å². The van der Waals surface area contributed by atoms with E-state index in [9.17, 15) is 4.79 Å². The standard InChI is InChI=1S/C11H14BrNO2S/c12-10-4-1-7(16-10)5-6-13-9-3-2-8(9)11(14)15/h1,4,8-9,13H,2-3,5-6H2,(H,14,15). The van der Waals surface area contributed by atoms with Crippen molar-refractivity contribution >= 4 is 33.2 Å². The molecule has 5 heteroatoms. The molecule has 0 saturated heterocycles. The molecular weight excluding hydrogens is 290 g/mol. The molecule has 88 valence electrons. The van der Waals surface area contributed by atoms with Crippen molar-refractivity contribution in [2.24, 2.45) is 5.92 Å². The van der Waals surface area contributed by atoms with Crippen LogP contribution in [0.15, 0.2) is 15.9 Å². The van der Waals surface area contributed by atoms with Gasteiger partial charge in [0.25, 0.3) is 0 Å². The molecule has 1 heterocycles. The molecule has 1 aliphatic carbocycles. The third-order valence-electron chi connectivity index (χ3n) is 3.00. The first-order valence-corrected chi connectivity index (χ1v) is 6.98. The first kappa shape index (κ1) is 12.1. The Bertz CT molecular complexity index is 380. The largest absolute Gasteiger partial charge is 0.481 e. The van der Waals surface area contributed by atoms with Gasteiger partial charge in [0.2, 0.25) is 0 Å². The van der Waals surface area contributed by atoms with Crippen LogP contribution in [0.3, 0.4) is 0 Å². The maximum absolute atomic E-state index is 10.8. The number of carboxylic acid groups (broad SMARTS) is 1. The van der Waals surface area contributed by atoms with E-state index in [2.05, 4.69) is 27.3 Å². The Kier molecular flexibility index (Phi) is 4.00. The zero-order valence-corrected chi connectivity index (χ0v) is 11.2. The summed E-state index contributed by atoms with van der Waals surface area (Å²) in [6.07, 6.45) is 2.78. The van der Waals surface area contributed by atoms with Crippen molar-refractivity contribution in [3.8, 4) is 0 Å². The molecule has 2 atom stereocenters. The van der Waals surface area contributed by atoms with Crippen molar-refractivity contribution in [2.75, 3.05) is 6.54 Å². The van der Waals surface area contributed by atoms with Crippen LogP contribution in [0.5, 0.6) is 0 Å². The lowest BCUT2D eigenvalue weighted by atomic mass is 9.79. The van der Waals surface area contributed by atoms with Gasteiger partial charge in [-0.05, 0) is 47.3 Å². The number of carboxylic acids is 1. The molecule has 16 heavy (non-hydrogen) atoms. The molecule has 1 saturated carbocycles. The summed E-state index contributed by atoms with van der Waals surface area (Å²) in [5, 5.41) is 12.2. The minimum absolute atomic E-state index is 0.171. The van der Waals surface area contributed by atoms with Gasteiger partial charge in [-0.25, -0.2) is 0 Å². The lowest BCUT2D eigenvalue weighted by molar-refractivity contribution is -0.146. The first-order valence-electron chi connectivity index (χ1n) is 5.37. The third-order valence-corrected chi connectivity index (χ3v) is 4.68. The number of aliphatic carboxylic acids is 1. The Balaban J connectivity index is 1.70. The lowest BCUT2D eigenvalue weighted by Gasteiger charge is -2.34. The van der Waals surface area contributed by atoms with E-state index < -0.39 is 5.97 Å². The van der Waals surface area contributed by atoms with E-state index in [0.717, 1.165) is 29.6 Å². The highest BCUT2D eigenvalue weighted by atomic mass is 79.9. The zero-order valence-electron chi connectivity index (χ0n) is 8.78. The van der Waals surface area contributed by atoms with Gasteiger partial charge in [0.05, 0.1) is 9.70 Å². The lowest BCUT2D eigenvalue weighted by Crippen LogP contribution is -2.48. The summed E-state index contributed by atoms with van der Waals surface area (Å²) in [7, 11) is 0. The van der Waals surface area contributed by atoms with Gasteiger partial charge in [-0.2, -0.15) is 0 Å². The topological polar surface area (TPSA) is 49.3 Å². The average Bonchev–Trinajstić information content (AvgIpc) is 2.56. The molecule has 0 aromatic carbocycles. The van der Waals surface area contributed by atoms with Crippen LogP contribution in [-0.2, 0) is 11.2 Å². The summed E-state index contributed by atoms with van der Waals surface area (Å²) in [6, 6.07) is 4.33. The summed E-state index contributed by atoms with van der Waals surface area (Å²) in [5.74, 6) is -0.835. The van der Waals surface area contributed by atoms with E-state index in [4.69, 9.17) is 5.11 Å². The van der Waals surface area contributed by atoms with Crippen molar-refractivity contribution in [3.63, 3.8) is 0 Å². The predicted molar refractivity (Wildman–Crippen MR) is 67.9 cm³/mol. The number of hydrogen-bond acceptors (Lipinski definition) is 3. The van der Waals surface area contributed by atoms with Gasteiger partial charge in [0.15, 0.2) is 0 Å². The Morgan fingerprint density at radius 3 is 2.88 bits per heavy atom. The normalized spacial score (nSPS) is 24.1. The van der Waals surface area contributed by atoms with Crippen molar-refractivity contribution < 1.29 is 9.90 Å². The minimum atomic E-state index is -0.664. The number of halogens is 1. The summed E-state index contributed by atoms with van der Waals surface area (Å²) in [6.45, 7) is 0.862. The van der Waals surface area contributed by atoms with Crippen LogP contribution in [0.2, 0.25) is 0 Å². The molecule has 3 nitrogen and oxygen atoms in total. The summed E-state index contributed by atoms with van der Waals surface area (Å²) in [5.41, 5.74) is 0. The Morgan fingerprint density at radius 1 is 1.56 bits per heavy atom. The number of rotatable bonds is 5. The Labute approximate surface area is 107 Å². The Hall–Kier alpha value is -0.390. The molecule has 0 radical (unpaired) electrons. The highest BCUT2D eigenvalue weighted by molar-refractivity contribution is 9.11. The molecule has 2 unspecified atom stereocenters. The fraction of sp³-hybridized carbons (Fsp3) is 0.545. The number of hydrogen-bond donors (Lipinski definition) is 2. The van der Waals surface area contributed by atoms with Crippen LogP contribution in [0.1, 0.15) is 17.7 Å². The van der Waals surface area contributed by atoms with Gasteiger partial charge >= 0.3 is 5.97 Å². The molecule has 0 aliphatic heterocycles. The van der Waals surface area contributed by atoms with Crippen LogP contribution < -0.4 is 5.32 Å². The average molecular weight is 304 g/mol. The molecule has 0 bridgehead atoms. The second kappa shape index (κ2) is 5.29. The molecule has 1 aromatic rings. The van der Waals surface area contributed by atoms with E-state index in [1.54, 1.807) is 11.3 Å². The molecule has 1 aromatic heterocycles. The SMILES string of the molecule is O=C(O)C1CCC1NCCc1ccc(Br)s1. The highest BCUT2D eigenvalue weighted by Crippen LogP contribution is 2.27. The second-order valence-corrected chi connectivity index (χ2v) is 6.59. The van der Waals surface area contributed by atoms with Gasteiger partial charge in [0, 0.05) is 17.5 Å². The monoisotopic (exact) mass is 303 g/mol. The van der Waals surface area contributed by atoms with Crippen molar-refractivity contribution in [3.05, 3.63) is 20.8 Å². The summed E-state index contributed by atoms with van der Waals surface area (Å²) >= 11 is 5.16. The van der Waals surface area contributed by atoms with E-state index >= 15 is 0 Å². The molecule has 0 amide bonds. The van der Waals surface area contributed by atoms with Crippen LogP contribution in [-0.4, -0.2) is 23.7 Å². The maximum Gasteiger partial charge on any atom is 0.308 e. The van der Waals surface area contributed by atoms with Gasteiger partial charge in [-0.3, -0.25) is 4.79 Å². The van der Waals surface area contributed by atoms with Crippen LogP contribution in [0.4, 0.5) is 0 Å². The fourth-order valence-corrected chi connectivity index (χ4v) is 3.39. The third kappa shape index (κ3) is 2.84. The maximum atomic E-state index is 10.8. The fourth-order valence-electron chi connectivity index (χ4n) is 1.91. The quantitative estimate of drug-likeness (QED) is 0.879. The molecule has 0 spiro atoms. The molecule has 2 N–H and O–H groups in total. The first-order chi connectivity index (χ1) is 7.66. The van der Waals surface area contributed by atoms with Gasteiger partial charge in [-0.1, -0.05) is 0 Å². The number of carbonyl (C=O) groups is 1. The number of nitrogens with one attached hydrogen (secondary N) is 1. The molecule has 1 fully saturated rings. The van der Waals surface area contributed by atoms with Gasteiger partial charge in [-0.15, -0.1) is 11.3 Å². The minimum Gasteiger partial charge on any atom is -0.481 e.